The molecule has 4 heteroatoms. The third-order valence-corrected chi connectivity index (χ3v) is 3.55. The number of halogens is 1. The van der Waals surface area contributed by atoms with Crippen LogP contribution in [0.4, 0.5) is 0 Å². The molecule has 0 radical (unpaired) electrons. The van der Waals surface area contributed by atoms with E-state index in [-0.39, 0.29) is 5.54 Å². The summed E-state index contributed by atoms with van der Waals surface area (Å²) in [4.78, 5) is 0. The molecule has 0 amide bonds. The largest absolute Gasteiger partial charge is 0.491 e. The van der Waals surface area contributed by atoms with Crippen LogP contribution >= 0.6 is 15.9 Å². The van der Waals surface area contributed by atoms with Crippen molar-refractivity contribution in [1.82, 2.24) is 5.32 Å². The van der Waals surface area contributed by atoms with Gasteiger partial charge in [-0.05, 0) is 50.5 Å². The molecule has 1 aromatic carbocycles. The molecule has 0 bridgehead atoms. The lowest BCUT2D eigenvalue weighted by Gasteiger charge is -2.21. The van der Waals surface area contributed by atoms with E-state index in [1.807, 2.05) is 12.1 Å². The lowest BCUT2D eigenvalue weighted by atomic mass is 10.1. The zero-order valence-electron chi connectivity index (χ0n) is 13.8. The molecule has 0 aliphatic heterocycles. The Kier molecular flexibility index (Phi) is 7.71. The van der Waals surface area contributed by atoms with E-state index in [0.717, 1.165) is 23.4 Å². The van der Waals surface area contributed by atoms with Gasteiger partial charge in [-0.2, -0.15) is 0 Å². The van der Waals surface area contributed by atoms with E-state index < -0.39 is 0 Å². The van der Waals surface area contributed by atoms with Crippen molar-refractivity contribution in [3.8, 4) is 5.75 Å². The summed E-state index contributed by atoms with van der Waals surface area (Å²) in [5.41, 5.74) is 1.30. The predicted octanol–water partition coefficient (Wildman–Crippen LogP) is 4.39. The topological polar surface area (TPSA) is 30.5 Å². The Morgan fingerprint density at radius 1 is 1.19 bits per heavy atom. The average Bonchev–Trinajstić information content (AvgIpc) is 2.37. The summed E-state index contributed by atoms with van der Waals surface area (Å²) in [5, 5.41) is 3.48. The van der Waals surface area contributed by atoms with Crippen LogP contribution in [-0.4, -0.2) is 25.4 Å². The van der Waals surface area contributed by atoms with Crippen molar-refractivity contribution in [3.63, 3.8) is 0 Å². The Morgan fingerprint density at radius 2 is 1.90 bits per heavy atom. The van der Waals surface area contributed by atoms with Crippen molar-refractivity contribution in [2.45, 2.75) is 46.7 Å². The highest BCUT2D eigenvalue weighted by Gasteiger charge is 2.10. The highest BCUT2D eigenvalue weighted by Crippen LogP contribution is 2.23. The van der Waals surface area contributed by atoms with E-state index in [0.29, 0.717) is 19.1 Å². The quantitative estimate of drug-likeness (QED) is 0.699. The van der Waals surface area contributed by atoms with Crippen LogP contribution in [-0.2, 0) is 11.3 Å². The van der Waals surface area contributed by atoms with Gasteiger partial charge < -0.3 is 14.8 Å². The molecular weight excluding hydrogens is 330 g/mol. The Bertz CT molecular complexity index is 427. The van der Waals surface area contributed by atoms with Crippen molar-refractivity contribution >= 4 is 15.9 Å². The van der Waals surface area contributed by atoms with Gasteiger partial charge in [-0.3, -0.25) is 0 Å². The summed E-state index contributed by atoms with van der Waals surface area (Å²) in [5.74, 6) is 1.45. The highest BCUT2D eigenvalue weighted by molar-refractivity contribution is 9.10. The zero-order chi connectivity index (χ0) is 15.9. The van der Waals surface area contributed by atoms with Gasteiger partial charge in [-0.15, -0.1) is 0 Å². The molecule has 3 nitrogen and oxygen atoms in total. The fourth-order valence-corrected chi connectivity index (χ4v) is 2.06. The lowest BCUT2D eigenvalue weighted by Crippen LogP contribution is -2.35. The van der Waals surface area contributed by atoms with Crippen LogP contribution in [0.3, 0.4) is 0 Å². The van der Waals surface area contributed by atoms with Gasteiger partial charge in [0.25, 0.3) is 0 Å². The van der Waals surface area contributed by atoms with Gasteiger partial charge in [0.05, 0.1) is 6.61 Å². The average molecular weight is 358 g/mol. The molecule has 0 aliphatic rings. The van der Waals surface area contributed by atoms with E-state index in [9.17, 15) is 0 Å². The molecule has 21 heavy (non-hydrogen) atoms. The maximum absolute atomic E-state index is 5.74. The third-order valence-electron chi connectivity index (χ3n) is 2.77. The van der Waals surface area contributed by atoms with Gasteiger partial charge in [0.1, 0.15) is 12.4 Å². The van der Waals surface area contributed by atoms with Gasteiger partial charge >= 0.3 is 0 Å². The SMILES string of the molecule is CC(C)COCCOc1ccc(Br)c(CNC(C)(C)C)c1. The second-order valence-corrected chi connectivity index (χ2v) is 7.53. The summed E-state index contributed by atoms with van der Waals surface area (Å²) in [7, 11) is 0. The Morgan fingerprint density at radius 3 is 2.52 bits per heavy atom. The van der Waals surface area contributed by atoms with E-state index in [1.165, 1.54) is 5.56 Å². The van der Waals surface area contributed by atoms with Crippen molar-refractivity contribution in [1.29, 1.82) is 0 Å². The Labute approximate surface area is 137 Å². The summed E-state index contributed by atoms with van der Waals surface area (Å²) >= 11 is 3.59. The van der Waals surface area contributed by atoms with Crippen LogP contribution < -0.4 is 10.1 Å². The maximum Gasteiger partial charge on any atom is 0.119 e. The first-order chi connectivity index (χ1) is 9.78. The molecule has 120 valence electrons. The number of nitrogens with one attached hydrogen (secondary N) is 1. The number of rotatable bonds is 8. The number of hydrogen-bond acceptors (Lipinski definition) is 3. The Hall–Kier alpha value is -0.580. The molecule has 1 aromatic rings. The fourth-order valence-electron chi connectivity index (χ4n) is 1.67. The normalized spacial score (nSPS) is 12.0. The van der Waals surface area contributed by atoms with Crippen molar-refractivity contribution in [2.24, 2.45) is 5.92 Å². The van der Waals surface area contributed by atoms with Crippen LogP contribution in [0.2, 0.25) is 0 Å². The third kappa shape index (κ3) is 8.44. The van der Waals surface area contributed by atoms with E-state index >= 15 is 0 Å². The highest BCUT2D eigenvalue weighted by atomic mass is 79.9. The minimum Gasteiger partial charge on any atom is -0.491 e. The summed E-state index contributed by atoms with van der Waals surface area (Å²) in [6.07, 6.45) is 0. The monoisotopic (exact) mass is 357 g/mol. The second kappa shape index (κ2) is 8.76. The van der Waals surface area contributed by atoms with Crippen molar-refractivity contribution < 1.29 is 9.47 Å². The van der Waals surface area contributed by atoms with Crippen LogP contribution in [0.5, 0.6) is 5.75 Å². The van der Waals surface area contributed by atoms with Gasteiger partial charge in [0.2, 0.25) is 0 Å². The summed E-state index contributed by atoms with van der Waals surface area (Å²) in [6.45, 7) is 13.6. The van der Waals surface area contributed by atoms with Gasteiger partial charge in [0.15, 0.2) is 0 Å². The number of hydrogen-bond donors (Lipinski definition) is 1. The summed E-state index contributed by atoms with van der Waals surface area (Å²) in [6, 6.07) is 6.09. The van der Waals surface area contributed by atoms with Crippen molar-refractivity contribution in [3.05, 3.63) is 28.2 Å². The second-order valence-electron chi connectivity index (χ2n) is 6.67. The minimum atomic E-state index is 0.0982. The molecule has 0 unspecified atom stereocenters. The van der Waals surface area contributed by atoms with Gasteiger partial charge in [-0.1, -0.05) is 29.8 Å². The van der Waals surface area contributed by atoms with E-state index in [1.54, 1.807) is 0 Å². The Balaban J connectivity index is 2.45. The number of ether oxygens (including phenoxy) is 2. The first kappa shape index (κ1) is 18.5. The standard InChI is InChI=1S/C17H28BrNO2/c1-13(2)12-20-8-9-21-15-6-7-16(18)14(10-15)11-19-17(3,4)5/h6-7,10,13,19H,8-9,11-12H2,1-5H3. The van der Waals surface area contributed by atoms with Crippen LogP contribution in [0, 0.1) is 5.92 Å². The van der Waals surface area contributed by atoms with Crippen LogP contribution in [0.15, 0.2) is 22.7 Å². The summed E-state index contributed by atoms with van der Waals surface area (Å²) < 4.78 is 12.4. The van der Waals surface area contributed by atoms with E-state index in [2.05, 4.69) is 61.9 Å². The molecule has 0 saturated heterocycles. The first-order valence-corrected chi connectivity index (χ1v) is 8.31. The first-order valence-electron chi connectivity index (χ1n) is 7.52. The molecule has 1 N–H and O–H groups in total. The fraction of sp³-hybridized carbons (Fsp3) is 0.647. The van der Waals surface area contributed by atoms with Crippen LogP contribution in [0.1, 0.15) is 40.2 Å². The molecule has 0 saturated carbocycles. The molecule has 0 fully saturated rings. The zero-order valence-corrected chi connectivity index (χ0v) is 15.4. The molecule has 0 aromatic heterocycles. The van der Waals surface area contributed by atoms with Gasteiger partial charge in [-0.25, -0.2) is 0 Å². The smallest absolute Gasteiger partial charge is 0.119 e. The van der Waals surface area contributed by atoms with Crippen LogP contribution in [0.25, 0.3) is 0 Å². The molecule has 0 spiro atoms. The molecular formula is C17H28BrNO2. The van der Waals surface area contributed by atoms with Crippen molar-refractivity contribution in [2.75, 3.05) is 19.8 Å². The molecule has 0 aliphatic carbocycles. The van der Waals surface area contributed by atoms with Gasteiger partial charge in [0, 0.05) is 23.2 Å². The maximum atomic E-state index is 5.74. The van der Waals surface area contributed by atoms with E-state index in [4.69, 9.17) is 9.47 Å². The molecule has 1 rings (SSSR count). The minimum absolute atomic E-state index is 0.0982. The molecule has 0 atom stereocenters. The number of benzene rings is 1. The predicted molar refractivity (Wildman–Crippen MR) is 91.9 cm³/mol. The molecule has 0 heterocycles. The lowest BCUT2D eigenvalue weighted by molar-refractivity contribution is 0.0818.